The van der Waals surface area contributed by atoms with Gasteiger partial charge >= 0.3 is 6.09 Å². The van der Waals surface area contributed by atoms with Gasteiger partial charge in [-0.25, -0.2) is 4.79 Å². The summed E-state index contributed by atoms with van der Waals surface area (Å²) in [5, 5.41) is 14.8. The van der Waals surface area contributed by atoms with Crippen LogP contribution in [0.15, 0.2) is 47.5 Å². The Balaban J connectivity index is 1.66. The highest BCUT2D eigenvalue weighted by molar-refractivity contribution is 6.31. The summed E-state index contributed by atoms with van der Waals surface area (Å²) in [6, 6.07) is 13.0. The number of rotatable bonds is 4. The van der Waals surface area contributed by atoms with E-state index in [-0.39, 0.29) is 17.9 Å². The van der Waals surface area contributed by atoms with Crippen molar-refractivity contribution in [3.05, 3.63) is 58.6 Å². The Morgan fingerprint density at radius 2 is 1.97 bits per heavy atom. The summed E-state index contributed by atoms with van der Waals surface area (Å²) in [6.45, 7) is 3.24. The zero-order valence-electron chi connectivity index (χ0n) is 18.3. The van der Waals surface area contributed by atoms with E-state index in [1.54, 1.807) is 37.1 Å². The van der Waals surface area contributed by atoms with Gasteiger partial charge in [0.05, 0.1) is 13.7 Å². The van der Waals surface area contributed by atoms with Gasteiger partial charge in [0.2, 0.25) is 0 Å². The van der Waals surface area contributed by atoms with E-state index in [2.05, 4.69) is 5.32 Å². The van der Waals surface area contributed by atoms with Crippen LogP contribution in [0.25, 0.3) is 0 Å². The van der Waals surface area contributed by atoms with E-state index < -0.39 is 5.66 Å². The number of halogens is 1. The van der Waals surface area contributed by atoms with E-state index in [4.69, 9.17) is 26.1 Å². The van der Waals surface area contributed by atoms with E-state index in [0.29, 0.717) is 49.5 Å². The lowest BCUT2D eigenvalue weighted by Crippen LogP contribution is -2.56. The summed E-state index contributed by atoms with van der Waals surface area (Å²) >= 11 is 6.23. The van der Waals surface area contributed by atoms with Crippen LogP contribution in [0.3, 0.4) is 0 Å². The first kappa shape index (κ1) is 22.4. The molecule has 1 spiro atoms. The quantitative estimate of drug-likeness (QED) is 0.704. The molecule has 2 aliphatic heterocycles. The van der Waals surface area contributed by atoms with Crippen LogP contribution in [0.4, 0.5) is 4.79 Å². The third kappa shape index (κ3) is 4.69. The number of phenols is 1. The van der Waals surface area contributed by atoms with Gasteiger partial charge in [-0.3, -0.25) is 10.3 Å². The second kappa shape index (κ2) is 9.38. The second-order valence-electron chi connectivity index (χ2n) is 8.11. The molecular formula is C24H28ClN3O4. The molecule has 1 saturated heterocycles. The zero-order chi connectivity index (χ0) is 22.7. The van der Waals surface area contributed by atoms with E-state index in [1.807, 2.05) is 24.3 Å². The summed E-state index contributed by atoms with van der Waals surface area (Å²) < 4.78 is 10.5. The van der Waals surface area contributed by atoms with Crippen LogP contribution in [0.1, 0.15) is 43.4 Å². The predicted octanol–water partition coefficient (Wildman–Crippen LogP) is 4.53. The van der Waals surface area contributed by atoms with Crippen LogP contribution in [0, 0.1) is 0 Å². The number of benzene rings is 2. The van der Waals surface area contributed by atoms with E-state index >= 15 is 0 Å². The SMILES string of the molecule is CCOC(=O)N1CCC2(CC1)N=C(c1cc(Cl)ccc1O)CC(c1ccc(OC)cc1)N2. The molecule has 32 heavy (non-hydrogen) atoms. The molecule has 1 atom stereocenters. The maximum atomic E-state index is 12.2. The fourth-order valence-electron chi connectivity index (χ4n) is 4.38. The monoisotopic (exact) mass is 457 g/mol. The Kier molecular flexibility index (Phi) is 6.58. The summed E-state index contributed by atoms with van der Waals surface area (Å²) in [7, 11) is 1.65. The first-order chi connectivity index (χ1) is 15.4. The van der Waals surface area contributed by atoms with Gasteiger partial charge in [0.15, 0.2) is 0 Å². The number of likely N-dealkylation sites (tertiary alicyclic amines) is 1. The molecule has 0 saturated carbocycles. The average molecular weight is 458 g/mol. The fourth-order valence-corrected chi connectivity index (χ4v) is 4.55. The Morgan fingerprint density at radius 1 is 1.25 bits per heavy atom. The van der Waals surface area contributed by atoms with Crippen molar-refractivity contribution in [2.75, 3.05) is 26.8 Å². The highest BCUT2D eigenvalue weighted by Crippen LogP contribution is 2.37. The molecule has 7 nitrogen and oxygen atoms in total. The van der Waals surface area contributed by atoms with Gasteiger partial charge in [0.25, 0.3) is 0 Å². The molecule has 4 rings (SSSR count). The maximum Gasteiger partial charge on any atom is 0.409 e. The Bertz CT molecular complexity index is 1000. The average Bonchev–Trinajstić information content (AvgIpc) is 2.81. The predicted molar refractivity (Wildman–Crippen MR) is 124 cm³/mol. The van der Waals surface area contributed by atoms with Gasteiger partial charge < -0.3 is 19.5 Å². The number of nitrogens with one attached hydrogen (secondary N) is 1. The number of carbonyl (C=O) groups is 1. The van der Waals surface area contributed by atoms with Gasteiger partial charge in [-0.05, 0) is 42.8 Å². The highest BCUT2D eigenvalue weighted by atomic mass is 35.5. The minimum atomic E-state index is -0.546. The van der Waals surface area contributed by atoms with Crippen LogP contribution >= 0.6 is 11.6 Å². The molecule has 0 radical (unpaired) electrons. The molecular weight excluding hydrogens is 430 g/mol. The second-order valence-corrected chi connectivity index (χ2v) is 8.55. The smallest absolute Gasteiger partial charge is 0.409 e. The molecule has 1 fully saturated rings. The molecule has 2 aromatic carbocycles. The molecule has 2 aromatic rings. The number of piperidine rings is 1. The van der Waals surface area contributed by atoms with Crippen molar-refractivity contribution in [2.24, 2.45) is 4.99 Å². The van der Waals surface area contributed by atoms with Crippen molar-refractivity contribution >= 4 is 23.4 Å². The Labute approximate surface area is 193 Å². The minimum absolute atomic E-state index is 0.0130. The van der Waals surface area contributed by atoms with Crippen molar-refractivity contribution in [3.63, 3.8) is 0 Å². The van der Waals surface area contributed by atoms with Gasteiger partial charge in [-0.2, -0.15) is 0 Å². The van der Waals surface area contributed by atoms with E-state index in [1.165, 1.54) is 0 Å². The van der Waals surface area contributed by atoms with Crippen molar-refractivity contribution < 1.29 is 19.4 Å². The lowest BCUT2D eigenvalue weighted by molar-refractivity contribution is 0.0779. The number of aliphatic imine (C=N–C) groups is 1. The fraction of sp³-hybridized carbons (Fsp3) is 0.417. The first-order valence-electron chi connectivity index (χ1n) is 10.8. The van der Waals surface area contributed by atoms with Gasteiger partial charge in [0, 0.05) is 54.7 Å². The summed E-state index contributed by atoms with van der Waals surface area (Å²) in [6.07, 6.45) is 1.59. The molecule has 1 amide bonds. The van der Waals surface area contributed by atoms with Crippen molar-refractivity contribution in [1.29, 1.82) is 0 Å². The number of carbonyl (C=O) groups excluding carboxylic acids is 1. The Morgan fingerprint density at radius 3 is 2.62 bits per heavy atom. The number of phenolic OH excluding ortho intramolecular Hbond substituents is 1. The molecule has 170 valence electrons. The van der Waals surface area contributed by atoms with Crippen LogP contribution in [0.5, 0.6) is 11.5 Å². The van der Waals surface area contributed by atoms with E-state index in [9.17, 15) is 9.90 Å². The molecule has 2 N–H and O–H groups in total. The lowest BCUT2D eigenvalue weighted by Gasteiger charge is -2.45. The van der Waals surface area contributed by atoms with Crippen LogP contribution in [-0.4, -0.2) is 54.3 Å². The number of amides is 1. The molecule has 0 aliphatic carbocycles. The summed E-state index contributed by atoms with van der Waals surface area (Å²) in [4.78, 5) is 19.0. The largest absolute Gasteiger partial charge is 0.507 e. The third-order valence-corrected chi connectivity index (χ3v) is 6.33. The topological polar surface area (TPSA) is 83.4 Å². The van der Waals surface area contributed by atoms with Gasteiger partial charge in [-0.15, -0.1) is 0 Å². The minimum Gasteiger partial charge on any atom is -0.507 e. The maximum absolute atomic E-state index is 12.2. The standard InChI is InChI=1S/C24H28ClN3O4/c1-3-32-23(30)28-12-10-24(11-13-28)26-20(16-4-7-18(31-2)8-5-16)15-21(27-24)19-14-17(25)6-9-22(19)29/h4-9,14,20,26,29H,3,10-13,15H2,1-2H3. The molecule has 2 heterocycles. The number of hydrogen-bond donors (Lipinski definition) is 2. The summed E-state index contributed by atoms with van der Waals surface area (Å²) in [5.41, 5.74) is 2.00. The molecule has 1 unspecified atom stereocenters. The number of nitrogens with zero attached hydrogens (tertiary/aromatic N) is 2. The molecule has 2 aliphatic rings. The van der Waals surface area contributed by atoms with Crippen molar-refractivity contribution in [1.82, 2.24) is 10.2 Å². The zero-order valence-corrected chi connectivity index (χ0v) is 19.1. The van der Waals surface area contributed by atoms with Crippen LogP contribution < -0.4 is 10.1 Å². The highest BCUT2D eigenvalue weighted by Gasteiger charge is 2.41. The van der Waals surface area contributed by atoms with E-state index in [0.717, 1.165) is 17.0 Å². The molecule has 0 aromatic heterocycles. The number of hydrogen-bond acceptors (Lipinski definition) is 6. The van der Waals surface area contributed by atoms with Gasteiger partial charge in [-0.1, -0.05) is 23.7 Å². The molecule has 0 bridgehead atoms. The van der Waals surface area contributed by atoms with Crippen molar-refractivity contribution in [2.45, 2.75) is 37.9 Å². The molecule has 8 heteroatoms. The van der Waals surface area contributed by atoms with Crippen LogP contribution in [0.2, 0.25) is 5.02 Å². The van der Waals surface area contributed by atoms with Gasteiger partial charge in [0.1, 0.15) is 17.2 Å². The normalized spacial score (nSPS) is 20.0. The summed E-state index contributed by atoms with van der Waals surface area (Å²) in [5.74, 6) is 0.950. The lowest BCUT2D eigenvalue weighted by atomic mass is 9.87. The first-order valence-corrected chi connectivity index (χ1v) is 11.2. The number of ether oxygens (including phenoxy) is 2. The number of methoxy groups -OCH3 is 1. The van der Waals surface area contributed by atoms with Crippen molar-refractivity contribution in [3.8, 4) is 11.5 Å². The third-order valence-electron chi connectivity index (χ3n) is 6.09. The Hall–Kier alpha value is -2.77. The number of aromatic hydroxyl groups is 1. The van der Waals surface area contributed by atoms with Crippen LogP contribution in [-0.2, 0) is 4.74 Å².